The predicted octanol–water partition coefficient (Wildman–Crippen LogP) is 5.04. The maximum Gasteiger partial charge on any atom is 0.161 e. The lowest BCUT2D eigenvalue weighted by atomic mass is 9.93. The van der Waals surface area contributed by atoms with Crippen LogP contribution in [-0.2, 0) is 13.1 Å². The van der Waals surface area contributed by atoms with E-state index in [0.29, 0.717) is 19.6 Å². The quantitative estimate of drug-likeness (QED) is 0.362. The molecule has 1 aliphatic rings. The number of aryl methyl sites for hydroxylation is 3. The molecule has 4 rings (SSSR count). The molecule has 2 aromatic carbocycles. The Morgan fingerprint density at radius 1 is 1.11 bits per heavy atom. The summed E-state index contributed by atoms with van der Waals surface area (Å²) in [5.74, 6) is 2.19. The van der Waals surface area contributed by atoms with Gasteiger partial charge in [0.25, 0.3) is 0 Å². The van der Waals surface area contributed by atoms with Crippen LogP contribution in [0.3, 0.4) is 0 Å². The summed E-state index contributed by atoms with van der Waals surface area (Å²) in [4.78, 5) is 2.27. The van der Waals surface area contributed by atoms with Crippen LogP contribution in [-0.4, -0.2) is 58.8 Å². The number of ether oxygens (including phenoxy) is 3. The van der Waals surface area contributed by atoms with Gasteiger partial charge in [-0.1, -0.05) is 17.7 Å². The first-order valence-corrected chi connectivity index (χ1v) is 12.8. The standard InChI is InChI=1S/C28H36ClN3O4/c1-21-15-24(16-22(2)27(21)29)36-20-28(33)9-4-11-31(19-28)18-23-7-8-25(34-3)26(17-23)35-14-6-13-32-12-5-10-30-32/h5,7-8,10,12,15-17,33H,4,6,9,11,13-14,18-20H2,1-3H3. The summed E-state index contributed by atoms with van der Waals surface area (Å²) >= 11 is 6.28. The molecular formula is C28H36ClN3O4. The molecule has 194 valence electrons. The van der Waals surface area contributed by atoms with Crippen LogP contribution in [0.25, 0.3) is 0 Å². The van der Waals surface area contributed by atoms with Crippen molar-refractivity contribution in [2.75, 3.05) is 33.4 Å². The van der Waals surface area contributed by atoms with Crippen molar-refractivity contribution in [3.63, 3.8) is 0 Å². The third-order valence-electron chi connectivity index (χ3n) is 6.53. The van der Waals surface area contributed by atoms with Crippen molar-refractivity contribution in [1.29, 1.82) is 0 Å². The molecular weight excluding hydrogens is 478 g/mol. The highest BCUT2D eigenvalue weighted by Crippen LogP contribution is 2.31. The smallest absolute Gasteiger partial charge is 0.161 e. The molecule has 0 radical (unpaired) electrons. The molecule has 1 N–H and O–H groups in total. The van der Waals surface area contributed by atoms with E-state index in [1.54, 1.807) is 13.3 Å². The van der Waals surface area contributed by atoms with E-state index in [1.807, 2.05) is 55.1 Å². The molecule has 1 fully saturated rings. The second kappa shape index (κ2) is 12.0. The Hall–Kier alpha value is -2.74. The Morgan fingerprint density at radius 3 is 2.64 bits per heavy atom. The molecule has 2 heterocycles. The first-order valence-electron chi connectivity index (χ1n) is 12.5. The number of β-amino-alcohol motifs (C(OH)–C–C–N with tert-alkyl or cyclic N) is 1. The van der Waals surface area contributed by atoms with Crippen LogP contribution in [0.4, 0.5) is 0 Å². The zero-order chi connectivity index (χ0) is 25.5. The molecule has 0 amide bonds. The van der Waals surface area contributed by atoms with Crippen LogP contribution < -0.4 is 14.2 Å². The lowest BCUT2D eigenvalue weighted by molar-refractivity contribution is -0.0621. The topological polar surface area (TPSA) is 69.0 Å². The van der Waals surface area contributed by atoms with Gasteiger partial charge in [0.1, 0.15) is 18.0 Å². The van der Waals surface area contributed by atoms with E-state index in [4.69, 9.17) is 25.8 Å². The van der Waals surface area contributed by atoms with Gasteiger partial charge in [0.05, 0.1) is 13.7 Å². The fraction of sp³-hybridized carbons (Fsp3) is 0.464. The van der Waals surface area contributed by atoms with Gasteiger partial charge in [0, 0.05) is 43.5 Å². The van der Waals surface area contributed by atoms with Crippen molar-refractivity contribution < 1.29 is 19.3 Å². The minimum atomic E-state index is -0.905. The van der Waals surface area contributed by atoms with Gasteiger partial charge in [0.2, 0.25) is 0 Å². The lowest BCUT2D eigenvalue weighted by Crippen LogP contribution is -2.51. The van der Waals surface area contributed by atoms with Crippen molar-refractivity contribution in [2.24, 2.45) is 0 Å². The Labute approximate surface area is 218 Å². The van der Waals surface area contributed by atoms with Gasteiger partial charge in [-0.2, -0.15) is 5.10 Å². The normalized spacial score (nSPS) is 18.2. The summed E-state index contributed by atoms with van der Waals surface area (Å²) in [6.07, 6.45) is 6.19. The van der Waals surface area contributed by atoms with E-state index in [0.717, 1.165) is 71.4 Å². The monoisotopic (exact) mass is 513 g/mol. The molecule has 1 aliphatic heterocycles. The molecule has 36 heavy (non-hydrogen) atoms. The fourth-order valence-electron chi connectivity index (χ4n) is 4.70. The molecule has 1 saturated heterocycles. The van der Waals surface area contributed by atoms with Crippen molar-refractivity contribution in [3.05, 3.63) is 70.5 Å². The van der Waals surface area contributed by atoms with Gasteiger partial charge in [-0.25, -0.2) is 0 Å². The molecule has 7 nitrogen and oxygen atoms in total. The summed E-state index contributed by atoms with van der Waals surface area (Å²) in [5, 5.41) is 16.3. The summed E-state index contributed by atoms with van der Waals surface area (Å²) in [6.45, 7) is 7.74. The molecule has 0 spiro atoms. The number of likely N-dealkylation sites (tertiary alicyclic amines) is 1. The maximum absolute atomic E-state index is 11.3. The van der Waals surface area contributed by atoms with Crippen molar-refractivity contribution in [2.45, 2.75) is 51.8 Å². The average molecular weight is 514 g/mol. The average Bonchev–Trinajstić information content (AvgIpc) is 3.38. The van der Waals surface area contributed by atoms with Gasteiger partial charge in [0.15, 0.2) is 11.5 Å². The number of halogens is 1. The number of nitrogens with zero attached hydrogens (tertiary/aromatic N) is 3. The molecule has 0 saturated carbocycles. The highest BCUT2D eigenvalue weighted by molar-refractivity contribution is 6.32. The van der Waals surface area contributed by atoms with Gasteiger partial charge >= 0.3 is 0 Å². The number of aliphatic hydroxyl groups is 1. The van der Waals surface area contributed by atoms with Crippen LogP contribution in [0.5, 0.6) is 17.2 Å². The number of hydrogen-bond donors (Lipinski definition) is 1. The van der Waals surface area contributed by atoms with E-state index < -0.39 is 5.60 Å². The first kappa shape index (κ1) is 26.3. The largest absolute Gasteiger partial charge is 0.493 e. The predicted molar refractivity (Wildman–Crippen MR) is 141 cm³/mol. The van der Waals surface area contributed by atoms with E-state index in [9.17, 15) is 5.11 Å². The third-order valence-corrected chi connectivity index (χ3v) is 7.13. The highest BCUT2D eigenvalue weighted by atomic mass is 35.5. The molecule has 1 atom stereocenters. The number of piperidine rings is 1. The van der Waals surface area contributed by atoms with E-state index in [2.05, 4.69) is 16.1 Å². The highest BCUT2D eigenvalue weighted by Gasteiger charge is 2.34. The molecule has 1 unspecified atom stereocenters. The zero-order valence-corrected chi connectivity index (χ0v) is 22.1. The van der Waals surface area contributed by atoms with Gasteiger partial charge in [-0.05, 0) is 80.3 Å². The van der Waals surface area contributed by atoms with Crippen molar-refractivity contribution in [1.82, 2.24) is 14.7 Å². The SMILES string of the molecule is COc1ccc(CN2CCCC(O)(COc3cc(C)c(Cl)c(C)c3)C2)cc1OCCCn1cccn1. The van der Waals surface area contributed by atoms with Crippen LogP contribution in [0.1, 0.15) is 36.0 Å². The summed E-state index contributed by atoms with van der Waals surface area (Å²) < 4.78 is 19.5. The van der Waals surface area contributed by atoms with Gasteiger partial charge in [-0.3, -0.25) is 9.58 Å². The first-order chi connectivity index (χ1) is 17.3. The van der Waals surface area contributed by atoms with E-state index in [1.165, 1.54) is 0 Å². The zero-order valence-electron chi connectivity index (χ0n) is 21.4. The molecule has 8 heteroatoms. The van der Waals surface area contributed by atoms with Crippen LogP contribution in [0, 0.1) is 13.8 Å². The minimum absolute atomic E-state index is 0.247. The number of benzene rings is 2. The number of aromatic nitrogens is 2. The Morgan fingerprint density at radius 2 is 1.92 bits per heavy atom. The maximum atomic E-state index is 11.3. The fourth-order valence-corrected chi connectivity index (χ4v) is 4.81. The van der Waals surface area contributed by atoms with Gasteiger partial charge < -0.3 is 19.3 Å². The number of methoxy groups -OCH3 is 1. The summed E-state index contributed by atoms with van der Waals surface area (Å²) in [5.41, 5.74) is 2.16. The Bertz CT molecular complexity index is 1110. The number of rotatable bonds is 11. The van der Waals surface area contributed by atoms with Gasteiger partial charge in [-0.15, -0.1) is 0 Å². The Kier molecular flexibility index (Phi) is 8.77. The van der Waals surface area contributed by atoms with Crippen molar-refractivity contribution >= 4 is 11.6 Å². The molecule has 0 aliphatic carbocycles. The van der Waals surface area contributed by atoms with Crippen LogP contribution in [0.15, 0.2) is 48.8 Å². The summed E-state index contributed by atoms with van der Waals surface area (Å²) in [7, 11) is 1.65. The van der Waals surface area contributed by atoms with Crippen LogP contribution >= 0.6 is 11.6 Å². The van der Waals surface area contributed by atoms with E-state index in [-0.39, 0.29) is 6.61 Å². The minimum Gasteiger partial charge on any atom is -0.493 e. The summed E-state index contributed by atoms with van der Waals surface area (Å²) in [6, 6.07) is 11.8. The third kappa shape index (κ3) is 6.93. The second-order valence-electron chi connectivity index (χ2n) is 9.65. The van der Waals surface area contributed by atoms with Crippen molar-refractivity contribution in [3.8, 4) is 17.2 Å². The Balaban J connectivity index is 1.33. The lowest BCUT2D eigenvalue weighted by Gasteiger charge is -2.39. The second-order valence-corrected chi connectivity index (χ2v) is 10.0. The van der Waals surface area contributed by atoms with Crippen LogP contribution in [0.2, 0.25) is 5.02 Å². The molecule has 1 aromatic heterocycles. The number of hydrogen-bond acceptors (Lipinski definition) is 6. The molecule has 0 bridgehead atoms. The van der Waals surface area contributed by atoms with E-state index >= 15 is 0 Å². The molecule has 3 aromatic rings.